The Labute approximate surface area is 204 Å². The SMILES string of the molecule is O=C(CO)C(CCCc1ncccn1)CS(=O)(=O)N1CCN(c2ccc(-c3ccoc3)cn2)CC1. The minimum atomic E-state index is -3.66. The van der Waals surface area contributed by atoms with Crippen LogP contribution in [0.2, 0.25) is 0 Å². The van der Waals surface area contributed by atoms with E-state index in [4.69, 9.17) is 4.42 Å². The lowest BCUT2D eigenvalue weighted by Crippen LogP contribution is -2.50. The van der Waals surface area contributed by atoms with Gasteiger partial charge in [-0.15, -0.1) is 0 Å². The standard InChI is InChI=1S/C24H29N5O5S/c30-16-22(31)21(3-1-4-23-25-8-2-9-26-23)18-35(32,33)29-12-10-28(11-13-29)24-6-5-19(15-27-24)20-7-14-34-17-20/h2,5-9,14-15,17,21,30H,1,3-4,10-13,16,18H2. The van der Waals surface area contributed by atoms with E-state index in [-0.39, 0.29) is 5.75 Å². The van der Waals surface area contributed by atoms with Gasteiger partial charge in [0.1, 0.15) is 18.2 Å². The van der Waals surface area contributed by atoms with Crippen LogP contribution in [0.25, 0.3) is 11.1 Å². The van der Waals surface area contributed by atoms with Gasteiger partial charge < -0.3 is 14.4 Å². The smallest absolute Gasteiger partial charge is 0.214 e. The molecule has 1 aliphatic rings. The summed E-state index contributed by atoms with van der Waals surface area (Å²) in [6, 6.07) is 7.46. The summed E-state index contributed by atoms with van der Waals surface area (Å²) < 4.78 is 32.7. The van der Waals surface area contributed by atoms with Gasteiger partial charge in [0, 0.05) is 68.2 Å². The van der Waals surface area contributed by atoms with Gasteiger partial charge >= 0.3 is 0 Å². The summed E-state index contributed by atoms with van der Waals surface area (Å²) >= 11 is 0. The summed E-state index contributed by atoms with van der Waals surface area (Å²) in [6.07, 6.45) is 9.78. The van der Waals surface area contributed by atoms with Crippen LogP contribution < -0.4 is 4.90 Å². The van der Waals surface area contributed by atoms with E-state index in [1.54, 1.807) is 37.2 Å². The lowest BCUT2D eigenvalue weighted by molar-refractivity contribution is -0.125. The topological polar surface area (TPSA) is 130 Å². The molecule has 1 aliphatic heterocycles. The monoisotopic (exact) mass is 499 g/mol. The van der Waals surface area contributed by atoms with Gasteiger partial charge in [-0.3, -0.25) is 4.79 Å². The quantitative estimate of drug-likeness (QED) is 0.419. The molecule has 0 aromatic carbocycles. The summed E-state index contributed by atoms with van der Waals surface area (Å²) in [5.74, 6) is -0.0921. The van der Waals surface area contributed by atoms with Crippen LogP contribution in [0, 0.1) is 5.92 Å². The van der Waals surface area contributed by atoms with Crippen LogP contribution in [0.1, 0.15) is 18.7 Å². The molecular weight excluding hydrogens is 470 g/mol. The van der Waals surface area contributed by atoms with Crippen molar-refractivity contribution in [3.8, 4) is 11.1 Å². The molecule has 1 saturated heterocycles. The second-order valence-electron chi connectivity index (χ2n) is 8.46. The number of rotatable bonds is 11. The number of aliphatic hydroxyl groups excluding tert-OH is 1. The molecule has 1 atom stereocenters. The molecule has 3 aromatic heterocycles. The first kappa shape index (κ1) is 25.0. The predicted molar refractivity (Wildman–Crippen MR) is 130 cm³/mol. The number of carbonyl (C=O) groups excluding carboxylic acids is 1. The van der Waals surface area contributed by atoms with Gasteiger partial charge in [-0.1, -0.05) is 0 Å². The van der Waals surface area contributed by atoms with E-state index in [1.165, 1.54) is 4.31 Å². The van der Waals surface area contributed by atoms with Crippen LogP contribution in [0.15, 0.2) is 59.8 Å². The third-order valence-corrected chi connectivity index (χ3v) is 8.13. The number of ketones is 1. The number of furan rings is 1. The normalized spacial score (nSPS) is 15.7. The van der Waals surface area contributed by atoms with E-state index in [1.807, 2.05) is 23.1 Å². The van der Waals surface area contributed by atoms with Crippen LogP contribution in [-0.4, -0.2) is 77.1 Å². The van der Waals surface area contributed by atoms with E-state index in [9.17, 15) is 18.3 Å². The first-order valence-electron chi connectivity index (χ1n) is 11.6. The summed E-state index contributed by atoms with van der Waals surface area (Å²) in [4.78, 5) is 27.1. The van der Waals surface area contributed by atoms with Gasteiger partial charge in [-0.05, 0) is 37.1 Å². The van der Waals surface area contributed by atoms with Crippen LogP contribution in [0.3, 0.4) is 0 Å². The largest absolute Gasteiger partial charge is 0.472 e. The fraction of sp³-hybridized carbons (Fsp3) is 0.417. The van der Waals surface area contributed by atoms with Gasteiger partial charge in [0.05, 0.1) is 18.3 Å². The zero-order chi connectivity index (χ0) is 24.7. The fourth-order valence-corrected chi connectivity index (χ4v) is 5.95. The number of aromatic nitrogens is 3. The number of anilines is 1. The van der Waals surface area contributed by atoms with Crippen LogP contribution in [0.4, 0.5) is 5.82 Å². The van der Waals surface area contributed by atoms with Crippen molar-refractivity contribution in [1.82, 2.24) is 19.3 Å². The van der Waals surface area contributed by atoms with E-state index >= 15 is 0 Å². The van der Waals surface area contributed by atoms with Crippen molar-refractivity contribution in [2.24, 2.45) is 5.92 Å². The molecule has 186 valence electrons. The molecule has 0 radical (unpaired) electrons. The Kier molecular flexibility index (Phi) is 8.21. The van der Waals surface area contributed by atoms with E-state index < -0.39 is 28.3 Å². The number of pyridine rings is 1. The first-order valence-corrected chi connectivity index (χ1v) is 13.2. The number of aliphatic hydroxyl groups is 1. The van der Waals surface area contributed by atoms with Gasteiger partial charge in [0.25, 0.3) is 0 Å². The third-order valence-electron chi connectivity index (χ3n) is 6.15. The van der Waals surface area contributed by atoms with E-state index in [0.717, 1.165) is 16.9 Å². The van der Waals surface area contributed by atoms with Crippen molar-refractivity contribution in [2.75, 3.05) is 43.4 Å². The van der Waals surface area contributed by atoms with Crippen molar-refractivity contribution in [3.63, 3.8) is 0 Å². The molecule has 1 N–H and O–H groups in total. The van der Waals surface area contributed by atoms with Crippen molar-refractivity contribution in [3.05, 3.63) is 61.2 Å². The zero-order valence-corrected chi connectivity index (χ0v) is 20.2. The number of piperazine rings is 1. The van der Waals surface area contributed by atoms with Crippen molar-refractivity contribution in [2.45, 2.75) is 19.3 Å². The highest BCUT2D eigenvalue weighted by atomic mass is 32.2. The van der Waals surface area contributed by atoms with Gasteiger partial charge in [0.2, 0.25) is 10.0 Å². The number of carbonyl (C=O) groups is 1. The minimum Gasteiger partial charge on any atom is -0.472 e. The number of hydrogen-bond donors (Lipinski definition) is 1. The molecule has 35 heavy (non-hydrogen) atoms. The van der Waals surface area contributed by atoms with Crippen molar-refractivity contribution < 1.29 is 22.7 Å². The lowest BCUT2D eigenvalue weighted by atomic mass is 9.99. The molecule has 0 spiro atoms. The van der Waals surface area contributed by atoms with Crippen LogP contribution in [0.5, 0.6) is 0 Å². The Balaban J connectivity index is 1.31. The highest BCUT2D eigenvalue weighted by Crippen LogP contribution is 2.23. The maximum absolute atomic E-state index is 13.1. The summed E-state index contributed by atoms with van der Waals surface area (Å²) in [5.41, 5.74) is 1.89. The predicted octanol–water partition coefficient (Wildman–Crippen LogP) is 1.78. The Morgan fingerprint density at radius 3 is 2.46 bits per heavy atom. The van der Waals surface area contributed by atoms with Crippen LogP contribution >= 0.6 is 0 Å². The number of hydrogen-bond acceptors (Lipinski definition) is 9. The van der Waals surface area contributed by atoms with Gasteiger partial charge in [-0.2, -0.15) is 4.31 Å². The van der Waals surface area contributed by atoms with Crippen LogP contribution in [-0.2, 0) is 21.2 Å². The molecule has 0 bridgehead atoms. The Morgan fingerprint density at radius 2 is 1.83 bits per heavy atom. The molecule has 0 aliphatic carbocycles. The molecule has 0 saturated carbocycles. The first-order chi connectivity index (χ1) is 17.0. The molecule has 11 heteroatoms. The lowest BCUT2D eigenvalue weighted by Gasteiger charge is -2.35. The number of sulfonamides is 1. The molecule has 0 amide bonds. The molecule has 1 unspecified atom stereocenters. The van der Waals surface area contributed by atoms with E-state index in [2.05, 4.69) is 15.0 Å². The molecule has 4 heterocycles. The maximum Gasteiger partial charge on any atom is 0.214 e. The van der Waals surface area contributed by atoms with Gasteiger partial charge in [-0.25, -0.2) is 23.4 Å². The Bertz CT molecular complexity index is 1180. The fourth-order valence-electron chi connectivity index (χ4n) is 4.16. The average Bonchev–Trinajstić information content (AvgIpc) is 3.43. The zero-order valence-electron chi connectivity index (χ0n) is 19.4. The Hall–Kier alpha value is -3.15. The molecule has 3 aromatic rings. The van der Waals surface area contributed by atoms with Crippen molar-refractivity contribution in [1.29, 1.82) is 0 Å². The molecular formula is C24H29N5O5S. The maximum atomic E-state index is 13.1. The number of nitrogens with zero attached hydrogens (tertiary/aromatic N) is 5. The molecule has 1 fully saturated rings. The van der Waals surface area contributed by atoms with Gasteiger partial charge in [0.15, 0.2) is 5.78 Å². The summed E-state index contributed by atoms with van der Waals surface area (Å²) in [7, 11) is -3.66. The molecule has 10 nitrogen and oxygen atoms in total. The highest BCUT2D eigenvalue weighted by Gasteiger charge is 2.32. The summed E-state index contributed by atoms with van der Waals surface area (Å²) in [5, 5.41) is 9.37. The molecule has 4 rings (SSSR count). The second kappa shape index (κ2) is 11.5. The highest BCUT2D eigenvalue weighted by molar-refractivity contribution is 7.89. The Morgan fingerprint density at radius 1 is 1.06 bits per heavy atom. The number of aryl methyl sites for hydroxylation is 1. The average molecular weight is 500 g/mol. The summed E-state index contributed by atoms with van der Waals surface area (Å²) in [6.45, 7) is 0.954. The van der Waals surface area contributed by atoms with Crippen molar-refractivity contribution >= 4 is 21.6 Å². The van der Waals surface area contributed by atoms with E-state index in [0.29, 0.717) is 51.3 Å². The second-order valence-corrected chi connectivity index (χ2v) is 10.5. The minimum absolute atomic E-state index is 0.306. The third kappa shape index (κ3) is 6.50. The number of Topliss-reactive ketones (excluding diaryl/α,β-unsaturated/α-hetero) is 1.